The molecule has 1 heterocycles. The lowest BCUT2D eigenvalue weighted by Crippen LogP contribution is -2.01. The Labute approximate surface area is 125 Å². The van der Waals surface area contributed by atoms with Gasteiger partial charge in [-0.3, -0.25) is 0 Å². The maximum Gasteiger partial charge on any atom is 0.148 e. The fraction of sp³-hybridized carbons (Fsp3) is 0.133. The molecular weight excluding hydrogens is 297 g/mol. The normalized spacial score (nSPS) is 14.9. The lowest BCUT2D eigenvalue weighted by molar-refractivity contribution is 0.297. The molecule has 0 spiro atoms. The molecule has 3 rings (SSSR count). The van der Waals surface area contributed by atoms with Crippen molar-refractivity contribution in [3.63, 3.8) is 0 Å². The second-order valence-corrected chi connectivity index (χ2v) is 4.90. The van der Waals surface area contributed by atoms with Crippen LogP contribution in [0.2, 0.25) is 5.02 Å². The Bertz CT molecular complexity index is 718. The molecule has 0 aromatic heterocycles. The van der Waals surface area contributed by atoms with Gasteiger partial charge in [0, 0.05) is 17.2 Å². The van der Waals surface area contributed by atoms with Crippen LogP contribution in [0.5, 0.6) is 11.5 Å². The van der Waals surface area contributed by atoms with Crippen LogP contribution in [0.4, 0.5) is 4.39 Å². The van der Waals surface area contributed by atoms with Crippen LogP contribution in [0.1, 0.15) is 11.1 Å². The predicted octanol–water partition coefficient (Wildman–Crippen LogP) is 3.63. The first-order valence-corrected chi connectivity index (χ1v) is 6.60. The summed E-state index contributed by atoms with van der Waals surface area (Å²) in [4.78, 5) is 0. The maximum atomic E-state index is 13.7. The van der Waals surface area contributed by atoms with Gasteiger partial charge in [0.2, 0.25) is 0 Å². The van der Waals surface area contributed by atoms with Crippen LogP contribution < -0.4 is 9.47 Å². The Morgan fingerprint density at radius 2 is 2.19 bits per heavy atom. The van der Waals surface area contributed by atoms with Crippen LogP contribution in [-0.4, -0.2) is 17.5 Å². The molecular formula is C15H11ClFNO3. The Morgan fingerprint density at radius 1 is 1.33 bits per heavy atom. The molecule has 0 saturated heterocycles. The van der Waals surface area contributed by atoms with E-state index in [2.05, 4.69) is 5.16 Å². The van der Waals surface area contributed by atoms with Gasteiger partial charge >= 0.3 is 0 Å². The van der Waals surface area contributed by atoms with Crippen LogP contribution in [0, 0.1) is 5.82 Å². The SMILES string of the molecule is O/N=C1/COc2cc(OCc3cccc(Cl)c3F)ccc21. The lowest BCUT2D eigenvalue weighted by Gasteiger charge is -2.09. The van der Waals surface area contributed by atoms with Crippen LogP contribution in [0.15, 0.2) is 41.6 Å². The number of hydrogen-bond donors (Lipinski definition) is 1. The van der Waals surface area contributed by atoms with Crippen LogP contribution >= 0.6 is 11.6 Å². The highest BCUT2D eigenvalue weighted by Gasteiger charge is 2.20. The Kier molecular flexibility index (Phi) is 3.66. The van der Waals surface area contributed by atoms with Gasteiger partial charge in [-0.05, 0) is 18.2 Å². The van der Waals surface area contributed by atoms with Gasteiger partial charge in [-0.2, -0.15) is 0 Å². The molecule has 2 aromatic carbocycles. The Hall–Kier alpha value is -2.27. The van der Waals surface area contributed by atoms with Crippen LogP contribution in [0.3, 0.4) is 0 Å². The summed E-state index contributed by atoms with van der Waals surface area (Å²) in [5, 5.41) is 12.0. The summed E-state index contributed by atoms with van der Waals surface area (Å²) >= 11 is 5.72. The fourth-order valence-corrected chi connectivity index (χ4v) is 2.27. The monoisotopic (exact) mass is 307 g/mol. The largest absolute Gasteiger partial charge is 0.489 e. The topological polar surface area (TPSA) is 51.1 Å². The quantitative estimate of drug-likeness (QED) is 0.696. The highest BCUT2D eigenvalue weighted by atomic mass is 35.5. The first kappa shape index (κ1) is 13.7. The summed E-state index contributed by atoms with van der Waals surface area (Å²) in [6, 6.07) is 9.89. The molecule has 1 aliphatic rings. The first-order chi connectivity index (χ1) is 10.2. The standard InChI is InChI=1S/C15H11ClFNO3/c16-12-3-1-2-9(15(12)17)7-20-10-4-5-11-13(18-19)8-21-14(11)6-10/h1-6,19H,7-8H2/b18-13-. The Balaban J connectivity index is 1.76. The summed E-state index contributed by atoms with van der Waals surface area (Å²) in [6.07, 6.45) is 0. The number of hydrogen-bond acceptors (Lipinski definition) is 4. The minimum atomic E-state index is -0.480. The molecule has 108 valence electrons. The number of benzene rings is 2. The van der Waals surface area contributed by atoms with Crippen LogP contribution in [-0.2, 0) is 6.61 Å². The van der Waals surface area contributed by atoms with Crippen molar-refractivity contribution in [3.05, 3.63) is 58.4 Å². The average molecular weight is 308 g/mol. The highest BCUT2D eigenvalue weighted by Crippen LogP contribution is 2.30. The van der Waals surface area contributed by atoms with E-state index in [9.17, 15) is 4.39 Å². The minimum absolute atomic E-state index is 0.0616. The van der Waals surface area contributed by atoms with Gasteiger partial charge in [0.25, 0.3) is 0 Å². The molecule has 0 radical (unpaired) electrons. The van der Waals surface area contributed by atoms with Crippen molar-refractivity contribution in [1.29, 1.82) is 0 Å². The third kappa shape index (κ3) is 2.64. The molecule has 0 amide bonds. The molecule has 0 aliphatic carbocycles. The zero-order valence-electron chi connectivity index (χ0n) is 10.8. The smallest absolute Gasteiger partial charge is 0.148 e. The van der Waals surface area contributed by atoms with Gasteiger partial charge < -0.3 is 14.7 Å². The summed E-state index contributed by atoms with van der Waals surface area (Å²) < 4.78 is 24.7. The van der Waals surface area contributed by atoms with E-state index in [1.807, 2.05) is 0 Å². The number of halogens is 2. The van der Waals surface area contributed by atoms with Gasteiger partial charge in [0.1, 0.15) is 36.2 Å². The molecule has 0 fully saturated rings. The second-order valence-electron chi connectivity index (χ2n) is 4.49. The molecule has 21 heavy (non-hydrogen) atoms. The van der Waals surface area contributed by atoms with Crippen molar-refractivity contribution >= 4 is 17.3 Å². The summed E-state index contributed by atoms with van der Waals surface area (Å²) in [7, 11) is 0. The van der Waals surface area contributed by atoms with Gasteiger partial charge in [-0.25, -0.2) is 4.39 Å². The molecule has 0 bridgehead atoms. The van der Waals surface area contributed by atoms with E-state index in [1.165, 1.54) is 6.07 Å². The summed E-state index contributed by atoms with van der Waals surface area (Å²) in [6.45, 7) is 0.282. The number of fused-ring (bicyclic) bond motifs is 1. The zero-order valence-corrected chi connectivity index (χ0v) is 11.6. The van der Waals surface area contributed by atoms with E-state index in [0.717, 1.165) is 5.56 Å². The molecule has 6 heteroatoms. The number of rotatable bonds is 3. The second kappa shape index (κ2) is 5.61. The van der Waals surface area contributed by atoms with E-state index in [4.69, 9.17) is 26.3 Å². The third-order valence-corrected chi connectivity index (χ3v) is 3.47. The molecule has 1 N–H and O–H groups in total. The van der Waals surface area contributed by atoms with Crippen molar-refractivity contribution in [2.45, 2.75) is 6.61 Å². The Morgan fingerprint density at radius 3 is 3.00 bits per heavy atom. The van der Waals surface area contributed by atoms with Gasteiger partial charge in [-0.15, -0.1) is 0 Å². The minimum Gasteiger partial charge on any atom is -0.489 e. The van der Waals surface area contributed by atoms with Crippen molar-refractivity contribution in [1.82, 2.24) is 0 Å². The fourth-order valence-electron chi connectivity index (χ4n) is 2.08. The van der Waals surface area contributed by atoms with E-state index in [1.54, 1.807) is 30.3 Å². The van der Waals surface area contributed by atoms with Crippen LogP contribution in [0.25, 0.3) is 0 Å². The molecule has 4 nitrogen and oxygen atoms in total. The molecule has 0 saturated carbocycles. The summed E-state index contributed by atoms with van der Waals surface area (Å²) in [5.74, 6) is 0.630. The van der Waals surface area contributed by atoms with E-state index in [0.29, 0.717) is 22.8 Å². The van der Waals surface area contributed by atoms with E-state index in [-0.39, 0.29) is 18.2 Å². The molecule has 0 unspecified atom stereocenters. The first-order valence-electron chi connectivity index (χ1n) is 6.23. The van der Waals surface area contributed by atoms with Gasteiger partial charge in [0.05, 0.1) is 5.02 Å². The third-order valence-electron chi connectivity index (χ3n) is 3.17. The van der Waals surface area contributed by atoms with E-state index >= 15 is 0 Å². The lowest BCUT2D eigenvalue weighted by atomic mass is 10.1. The molecule has 0 atom stereocenters. The number of nitrogens with zero attached hydrogens (tertiary/aromatic N) is 1. The van der Waals surface area contributed by atoms with Crippen molar-refractivity contribution in [2.75, 3.05) is 6.61 Å². The maximum absolute atomic E-state index is 13.7. The zero-order chi connectivity index (χ0) is 14.8. The number of oxime groups is 1. The summed E-state index contributed by atoms with van der Waals surface area (Å²) in [5.41, 5.74) is 1.57. The van der Waals surface area contributed by atoms with Gasteiger partial charge in [-0.1, -0.05) is 28.9 Å². The highest BCUT2D eigenvalue weighted by molar-refractivity contribution is 6.30. The number of ether oxygens (including phenoxy) is 2. The van der Waals surface area contributed by atoms with Crippen molar-refractivity contribution in [2.24, 2.45) is 5.16 Å². The molecule has 2 aromatic rings. The predicted molar refractivity (Wildman–Crippen MR) is 76.0 cm³/mol. The van der Waals surface area contributed by atoms with Gasteiger partial charge in [0.15, 0.2) is 0 Å². The van der Waals surface area contributed by atoms with Crippen molar-refractivity contribution in [3.8, 4) is 11.5 Å². The van der Waals surface area contributed by atoms with Crippen molar-refractivity contribution < 1.29 is 19.1 Å². The average Bonchev–Trinajstić information content (AvgIpc) is 2.91. The molecule has 1 aliphatic heterocycles. The van der Waals surface area contributed by atoms with E-state index < -0.39 is 5.82 Å².